The van der Waals surface area contributed by atoms with Crippen molar-refractivity contribution in [3.05, 3.63) is 36.0 Å². The van der Waals surface area contributed by atoms with E-state index in [4.69, 9.17) is 4.74 Å². The van der Waals surface area contributed by atoms with Gasteiger partial charge >= 0.3 is 12.5 Å². The third-order valence-corrected chi connectivity index (χ3v) is 6.13. The molecular weight excluding hydrogens is 480 g/mol. The van der Waals surface area contributed by atoms with Crippen LogP contribution in [0.5, 0.6) is 5.75 Å². The minimum absolute atomic E-state index is 0.0814. The summed E-state index contributed by atoms with van der Waals surface area (Å²) in [7, 11) is 0. The number of aromatic nitrogens is 2. The number of alkyl halides is 6. The summed E-state index contributed by atoms with van der Waals surface area (Å²) >= 11 is 0. The smallest absolute Gasteiger partial charge is 0.406 e. The fraction of sp³-hybridized carbons (Fsp3) is 0.591. The van der Waals surface area contributed by atoms with Crippen LogP contribution in [0.4, 0.5) is 32.2 Å². The largest absolute Gasteiger partial charge is 0.573 e. The lowest BCUT2D eigenvalue weighted by atomic mass is 10.2. The molecule has 2 aliphatic heterocycles. The van der Waals surface area contributed by atoms with E-state index in [1.165, 1.54) is 24.3 Å². The van der Waals surface area contributed by atoms with E-state index in [1.807, 2.05) is 13.0 Å². The Bertz CT molecular complexity index is 970. The number of rotatable bonds is 6. The third kappa shape index (κ3) is 6.79. The Morgan fingerprint density at radius 2 is 1.60 bits per heavy atom. The second-order valence-corrected chi connectivity index (χ2v) is 8.63. The van der Waals surface area contributed by atoms with Crippen molar-refractivity contribution in [1.29, 1.82) is 0 Å². The maximum Gasteiger partial charge on any atom is 0.573 e. The van der Waals surface area contributed by atoms with Gasteiger partial charge in [-0.05, 0) is 31.2 Å². The number of halogens is 6. The molecule has 0 bridgehead atoms. The highest BCUT2D eigenvalue weighted by atomic mass is 19.4. The molecule has 0 aliphatic carbocycles. The Hall–Kier alpha value is -2.51. The number of anilines is 1. The quantitative estimate of drug-likeness (QED) is 0.559. The monoisotopic (exact) mass is 507 g/mol. The summed E-state index contributed by atoms with van der Waals surface area (Å²) in [6, 6.07) is 7.43. The number of hydrogen-bond donors (Lipinski definition) is 0. The van der Waals surface area contributed by atoms with Gasteiger partial charge in [0, 0.05) is 64.1 Å². The summed E-state index contributed by atoms with van der Waals surface area (Å²) in [5, 5.41) is 4.62. The maximum absolute atomic E-state index is 12.9. The van der Waals surface area contributed by atoms with Crippen LogP contribution in [0.2, 0.25) is 0 Å². The summed E-state index contributed by atoms with van der Waals surface area (Å²) in [4.78, 5) is 6.14. The van der Waals surface area contributed by atoms with Crippen LogP contribution >= 0.6 is 0 Å². The lowest BCUT2D eigenvalue weighted by molar-refractivity contribution is -0.274. The number of ether oxygens (including phenoxy) is 2. The number of benzene rings is 1. The molecule has 0 radical (unpaired) electrons. The zero-order valence-electron chi connectivity index (χ0n) is 19.1. The Kier molecular flexibility index (Phi) is 7.48. The highest BCUT2D eigenvalue weighted by Gasteiger charge is 2.43. The molecule has 0 N–H and O–H groups in total. The first-order chi connectivity index (χ1) is 16.5. The molecule has 1 atom stereocenters. The van der Waals surface area contributed by atoms with E-state index in [1.54, 1.807) is 9.58 Å². The molecule has 1 aromatic carbocycles. The molecule has 0 saturated carbocycles. The van der Waals surface area contributed by atoms with Crippen LogP contribution in [0.3, 0.4) is 0 Å². The van der Waals surface area contributed by atoms with Crippen LogP contribution in [0.25, 0.3) is 5.69 Å². The molecule has 4 rings (SSSR count). The topological polar surface area (TPSA) is 46.0 Å². The van der Waals surface area contributed by atoms with Gasteiger partial charge in [0.25, 0.3) is 0 Å². The predicted molar refractivity (Wildman–Crippen MR) is 116 cm³/mol. The molecule has 1 aromatic heterocycles. The first-order valence-corrected chi connectivity index (χ1v) is 11.3. The van der Waals surface area contributed by atoms with Gasteiger partial charge in [0.2, 0.25) is 0 Å². The molecule has 1 unspecified atom stereocenters. The number of nitrogens with zero attached hydrogens (tertiary/aromatic N) is 5. The lowest BCUT2D eigenvalue weighted by Crippen LogP contribution is -2.52. The number of morpholine rings is 1. The molecule has 13 heteroatoms. The van der Waals surface area contributed by atoms with Crippen molar-refractivity contribution in [2.45, 2.75) is 25.6 Å². The minimum Gasteiger partial charge on any atom is -0.406 e. The number of piperazine rings is 1. The zero-order chi connectivity index (χ0) is 25.2. The van der Waals surface area contributed by atoms with Crippen molar-refractivity contribution in [2.24, 2.45) is 0 Å². The average molecular weight is 507 g/mol. The van der Waals surface area contributed by atoms with Crippen molar-refractivity contribution in [3.63, 3.8) is 0 Å². The number of hydrogen-bond acceptors (Lipinski definition) is 6. The Labute approximate surface area is 198 Å². The predicted octanol–water partition coefficient (Wildman–Crippen LogP) is 3.46. The van der Waals surface area contributed by atoms with Gasteiger partial charge in [-0.15, -0.1) is 13.2 Å². The molecule has 2 aliphatic rings. The SMILES string of the molecule is Cc1cc(N2CCN(CCN3CCOC(C(F)(F)F)C3)CC2)nn1-c1ccc(OC(F)(F)F)cc1. The first-order valence-electron chi connectivity index (χ1n) is 11.3. The van der Waals surface area contributed by atoms with E-state index in [2.05, 4.69) is 19.6 Å². The van der Waals surface area contributed by atoms with Crippen molar-refractivity contribution < 1.29 is 35.8 Å². The third-order valence-electron chi connectivity index (χ3n) is 6.13. The van der Waals surface area contributed by atoms with Gasteiger partial charge in [0.15, 0.2) is 11.9 Å². The van der Waals surface area contributed by atoms with E-state index in [0.717, 1.165) is 24.6 Å². The highest BCUT2D eigenvalue weighted by Crippen LogP contribution is 2.27. The van der Waals surface area contributed by atoms with Gasteiger partial charge in [-0.3, -0.25) is 9.80 Å². The van der Waals surface area contributed by atoms with Crippen LogP contribution in [0, 0.1) is 6.92 Å². The average Bonchev–Trinajstić information content (AvgIpc) is 3.19. The van der Waals surface area contributed by atoms with Crippen molar-refractivity contribution >= 4 is 5.82 Å². The Morgan fingerprint density at radius 1 is 0.943 bits per heavy atom. The van der Waals surface area contributed by atoms with Crippen LogP contribution in [0.15, 0.2) is 30.3 Å². The first kappa shape index (κ1) is 25.6. The van der Waals surface area contributed by atoms with Crippen molar-refractivity contribution in [2.75, 3.05) is 63.9 Å². The molecule has 2 aromatic rings. The van der Waals surface area contributed by atoms with Crippen molar-refractivity contribution in [1.82, 2.24) is 19.6 Å². The molecule has 2 fully saturated rings. The Morgan fingerprint density at radius 3 is 2.23 bits per heavy atom. The molecule has 7 nitrogen and oxygen atoms in total. The Balaban J connectivity index is 1.28. The van der Waals surface area contributed by atoms with E-state index >= 15 is 0 Å². The van der Waals surface area contributed by atoms with Gasteiger partial charge < -0.3 is 14.4 Å². The summed E-state index contributed by atoms with van der Waals surface area (Å²) < 4.78 is 86.3. The lowest BCUT2D eigenvalue weighted by Gasteiger charge is -2.38. The second-order valence-electron chi connectivity index (χ2n) is 8.63. The second kappa shape index (κ2) is 10.2. The molecular formula is C22H27F6N5O2. The van der Waals surface area contributed by atoms with Gasteiger partial charge in [0.05, 0.1) is 12.3 Å². The molecule has 2 saturated heterocycles. The highest BCUT2D eigenvalue weighted by molar-refractivity contribution is 5.45. The minimum atomic E-state index is -4.74. The zero-order valence-corrected chi connectivity index (χ0v) is 19.1. The standard InChI is InChI=1S/C22H27F6N5O2/c1-16-14-20(29-33(16)17-2-4-18(5-3-17)35-22(26,27)28)32-10-8-30(9-11-32)6-7-31-12-13-34-19(15-31)21(23,24)25/h2-5,14,19H,6-13,15H2,1H3. The fourth-order valence-electron chi connectivity index (χ4n) is 4.25. The van der Waals surface area contributed by atoms with Crippen LogP contribution in [-0.4, -0.2) is 97.2 Å². The summed E-state index contributed by atoms with van der Waals surface area (Å²) in [5.41, 5.74) is 1.45. The number of aryl methyl sites for hydroxylation is 1. The van der Waals surface area contributed by atoms with E-state index in [-0.39, 0.29) is 18.9 Å². The van der Waals surface area contributed by atoms with E-state index < -0.39 is 18.6 Å². The normalized spacial score (nSPS) is 20.9. The van der Waals surface area contributed by atoms with Gasteiger partial charge in [0.1, 0.15) is 5.75 Å². The molecule has 3 heterocycles. The van der Waals surface area contributed by atoms with Crippen LogP contribution in [-0.2, 0) is 4.74 Å². The molecule has 194 valence electrons. The van der Waals surface area contributed by atoms with Crippen LogP contribution in [0.1, 0.15) is 5.69 Å². The van der Waals surface area contributed by atoms with Crippen molar-refractivity contribution in [3.8, 4) is 11.4 Å². The van der Waals surface area contributed by atoms with E-state index in [9.17, 15) is 26.3 Å². The summed E-state index contributed by atoms with van der Waals surface area (Å²) in [6.07, 6.45) is -10.8. The van der Waals surface area contributed by atoms with Crippen LogP contribution < -0.4 is 9.64 Å². The molecule has 0 spiro atoms. The molecule has 35 heavy (non-hydrogen) atoms. The molecule has 0 amide bonds. The maximum atomic E-state index is 12.9. The van der Waals surface area contributed by atoms with Gasteiger partial charge in [-0.1, -0.05) is 0 Å². The van der Waals surface area contributed by atoms with E-state index in [0.29, 0.717) is 38.4 Å². The van der Waals surface area contributed by atoms with Gasteiger partial charge in [-0.25, -0.2) is 4.68 Å². The summed E-state index contributed by atoms with van der Waals surface area (Å²) in [5.74, 6) is 0.465. The summed E-state index contributed by atoms with van der Waals surface area (Å²) in [6.45, 7) is 6.46. The van der Waals surface area contributed by atoms with Gasteiger partial charge in [-0.2, -0.15) is 18.3 Å². The fourth-order valence-corrected chi connectivity index (χ4v) is 4.25.